The molecule has 2 aromatic rings. The molecule has 0 radical (unpaired) electrons. The van der Waals surface area contributed by atoms with Crippen molar-refractivity contribution >= 4 is 37.5 Å². The molecule has 3 rings (SSSR count). The van der Waals surface area contributed by atoms with Crippen LogP contribution in [0.25, 0.3) is 0 Å². The Morgan fingerprint density at radius 3 is 2.43 bits per heavy atom. The zero-order chi connectivity index (χ0) is 15.0. The average molecular weight is 365 g/mol. The third-order valence-electron chi connectivity index (χ3n) is 3.43. The summed E-state index contributed by atoms with van der Waals surface area (Å²) in [5.74, 6) is 0.541. The molecule has 0 atom stereocenters. The first-order chi connectivity index (χ1) is 9.97. The highest BCUT2D eigenvalue weighted by molar-refractivity contribution is 9.10. The molecule has 0 unspecified atom stereocenters. The first-order valence-electron chi connectivity index (χ1n) is 6.38. The summed E-state index contributed by atoms with van der Waals surface area (Å²) in [4.78, 5) is 2.02. The minimum Gasteiger partial charge on any atom is -0.332 e. The second-order valence-corrected chi connectivity index (χ2v) is 7.32. The molecule has 4 nitrogen and oxygen atoms in total. The first kappa shape index (κ1) is 14.3. The van der Waals surface area contributed by atoms with Gasteiger partial charge >= 0.3 is 0 Å². The van der Waals surface area contributed by atoms with Crippen LogP contribution in [0.4, 0.5) is 5.69 Å². The van der Waals surface area contributed by atoms with Gasteiger partial charge in [0.25, 0.3) is 10.0 Å². The number of hydrogen-bond acceptors (Lipinski definition) is 2. The molecule has 1 heterocycles. The number of rotatable bonds is 2. The maximum Gasteiger partial charge on any atom is 0.283 e. The molecule has 0 bridgehead atoms. The van der Waals surface area contributed by atoms with Gasteiger partial charge in [-0.25, -0.2) is 0 Å². The van der Waals surface area contributed by atoms with Crippen molar-refractivity contribution in [2.45, 2.75) is 11.3 Å². The van der Waals surface area contributed by atoms with Gasteiger partial charge in [0.1, 0.15) is 5.84 Å². The lowest BCUT2D eigenvalue weighted by Crippen LogP contribution is -2.23. The van der Waals surface area contributed by atoms with Crippen LogP contribution in [-0.2, 0) is 16.4 Å². The molecule has 0 fully saturated rings. The largest absolute Gasteiger partial charge is 0.332 e. The highest BCUT2D eigenvalue weighted by atomic mass is 79.9. The molecule has 0 spiro atoms. The minimum absolute atomic E-state index is 0.197. The Morgan fingerprint density at radius 2 is 1.76 bits per heavy atom. The number of para-hydroxylation sites is 1. The maximum absolute atomic E-state index is 12.4. The number of hydrogen-bond donors (Lipinski definition) is 0. The molecule has 6 heteroatoms. The van der Waals surface area contributed by atoms with E-state index in [-0.39, 0.29) is 4.90 Å². The standard InChI is InChI=1S/C15H13BrN2O2S/c1-18-14-5-3-2-4-11(14)10-15(18)17-21(19,20)13-8-6-12(16)7-9-13/h2-9H,10H2,1H3/b17-15+. The molecule has 0 saturated heterocycles. The zero-order valence-electron chi connectivity index (χ0n) is 11.3. The van der Waals surface area contributed by atoms with E-state index in [0.29, 0.717) is 12.3 Å². The lowest BCUT2D eigenvalue weighted by molar-refractivity contribution is 0.598. The first-order valence-corrected chi connectivity index (χ1v) is 8.62. The van der Waals surface area contributed by atoms with E-state index in [1.54, 1.807) is 24.3 Å². The van der Waals surface area contributed by atoms with Gasteiger partial charge in [-0.1, -0.05) is 34.1 Å². The van der Waals surface area contributed by atoms with E-state index in [9.17, 15) is 8.42 Å². The third kappa shape index (κ3) is 2.73. The number of benzene rings is 2. The molecular formula is C15H13BrN2O2S. The van der Waals surface area contributed by atoms with E-state index in [1.165, 1.54) is 0 Å². The SMILES string of the molecule is CN1/C(=N/S(=O)(=O)c2ccc(Br)cc2)Cc2ccccc21. The van der Waals surface area contributed by atoms with Crippen LogP contribution in [0.2, 0.25) is 0 Å². The Balaban J connectivity index is 1.98. The number of amidine groups is 1. The van der Waals surface area contributed by atoms with Crippen LogP contribution in [0.1, 0.15) is 5.56 Å². The number of halogens is 1. The van der Waals surface area contributed by atoms with Crippen molar-refractivity contribution in [3.63, 3.8) is 0 Å². The second kappa shape index (κ2) is 5.27. The van der Waals surface area contributed by atoms with Crippen molar-refractivity contribution in [1.82, 2.24) is 0 Å². The smallest absolute Gasteiger partial charge is 0.283 e. The predicted octanol–water partition coefficient (Wildman–Crippen LogP) is 3.23. The van der Waals surface area contributed by atoms with Gasteiger partial charge in [-0.2, -0.15) is 8.42 Å². The van der Waals surface area contributed by atoms with Crippen LogP contribution in [0.3, 0.4) is 0 Å². The van der Waals surface area contributed by atoms with Gasteiger partial charge in [0, 0.05) is 23.6 Å². The van der Waals surface area contributed by atoms with Gasteiger partial charge < -0.3 is 4.90 Å². The van der Waals surface area contributed by atoms with Crippen LogP contribution in [-0.4, -0.2) is 21.3 Å². The van der Waals surface area contributed by atoms with Gasteiger partial charge in [0.2, 0.25) is 0 Å². The average Bonchev–Trinajstić information content (AvgIpc) is 2.76. The maximum atomic E-state index is 12.4. The van der Waals surface area contributed by atoms with E-state index in [2.05, 4.69) is 20.3 Å². The van der Waals surface area contributed by atoms with Crippen LogP contribution in [0.5, 0.6) is 0 Å². The van der Waals surface area contributed by atoms with Gasteiger partial charge in [-0.15, -0.1) is 4.40 Å². The molecular weight excluding hydrogens is 352 g/mol. The number of sulfonamides is 1. The Morgan fingerprint density at radius 1 is 1.10 bits per heavy atom. The van der Waals surface area contributed by atoms with Crippen LogP contribution >= 0.6 is 15.9 Å². The van der Waals surface area contributed by atoms with Crippen molar-refractivity contribution in [3.05, 3.63) is 58.6 Å². The Kier molecular flexibility index (Phi) is 3.59. The quantitative estimate of drug-likeness (QED) is 0.821. The molecule has 0 aromatic heterocycles. The molecule has 1 aliphatic rings. The normalized spacial score (nSPS) is 16.3. The predicted molar refractivity (Wildman–Crippen MR) is 87.3 cm³/mol. The van der Waals surface area contributed by atoms with Crippen LogP contribution in [0.15, 0.2) is 62.3 Å². The van der Waals surface area contributed by atoms with E-state index in [4.69, 9.17) is 0 Å². The molecule has 0 amide bonds. The fourth-order valence-corrected chi connectivity index (χ4v) is 3.62. The molecule has 1 aliphatic heterocycles. The second-order valence-electron chi connectivity index (χ2n) is 4.80. The summed E-state index contributed by atoms with van der Waals surface area (Å²) in [5.41, 5.74) is 2.09. The lowest BCUT2D eigenvalue weighted by atomic mass is 10.2. The summed E-state index contributed by atoms with van der Waals surface area (Å²) in [6.45, 7) is 0. The summed E-state index contributed by atoms with van der Waals surface area (Å²) in [7, 11) is -1.85. The van der Waals surface area contributed by atoms with Crippen molar-refractivity contribution in [2.24, 2.45) is 4.40 Å². The van der Waals surface area contributed by atoms with Crippen molar-refractivity contribution in [1.29, 1.82) is 0 Å². The van der Waals surface area contributed by atoms with E-state index < -0.39 is 10.0 Å². The summed E-state index contributed by atoms with van der Waals surface area (Å²) in [5, 5.41) is 0. The number of fused-ring (bicyclic) bond motifs is 1. The number of nitrogens with zero attached hydrogens (tertiary/aromatic N) is 2. The van der Waals surface area contributed by atoms with Gasteiger partial charge in [0.15, 0.2) is 0 Å². The van der Waals surface area contributed by atoms with Crippen LogP contribution in [0, 0.1) is 0 Å². The molecule has 0 aliphatic carbocycles. The fraction of sp³-hybridized carbons (Fsp3) is 0.133. The number of likely N-dealkylation sites (N-methyl/N-ethyl adjacent to an activating group) is 1. The summed E-state index contributed by atoms with van der Waals surface area (Å²) >= 11 is 3.29. The van der Waals surface area contributed by atoms with E-state index >= 15 is 0 Å². The van der Waals surface area contributed by atoms with Crippen LogP contribution < -0.4 is 4.90 Å². The highest BCUT2D eigenvalue weighted by Gasteiger charge is 2.24. The Labute approximate surface area is 132 Å². The summed E-state index contributed by atoms with van der Waals surface area (Å²) < 4.78 is 29.6. The molecule has 0 N–H and O–H groups in total. The zero-order valence-corrected chi connectivity index (χ0v) is 13.7. The van der Waals surface area contributed by atoms with E-state index in [0.717, 1.165) is 15.7 Å². The van der Waals surface area contributed by atoms with Gasteiger partial charge in [-0.3, -0.25) is 0 Å². The van der Waals surface area contributed by atoms with Crippen molar-refractivity contribution in [2.75, 3.05) is 11.9 Å². The number of anilines is 1. The van der Waals surface area contributed by atoms with Gasteiger partial charge in [-0.05, 0) is 35.9 Å². The Bertz CT molecular complexity index is 814. The van der Waals surface area contributed by atoms with Crippen molar-refractivity contribution in [3.8, 4) is 0 Å². The molecule has 21 heavy (non-hydrogen) atoms. The summed E-state index contributed by atoms with van der Waals surface area (Å²) in [6, 6.07) is 14.3. The van der Waals surface area contributed by atoms with Gasteiger partial charge in [0.05, 0.1) is 4.90 Å². The monoisotopic (exact) mass is 364 g/mol. The fourth-order valence-electron chi connectivity index (χ4n) is 2.31. The van der Waals surface area contributed by atoms with E-state index in [1.807, 2.05) is 36.2 Å². The lowest BCUT2D eigenvalue weighted by Gasteiger charge is -2.13. The highest BCUT2D eigenvalue weighted by Crippen LogP contribution is 2.28. The molecule has 108 valence electrons. The Hall–Kier alpha value is -1.66. The third-order valence-corrected chi connectivity index (χ3v) is 5.27. The van der Waals surface area contributed by atoms with Crippen molar-refractivity contribution < 1.29 is 8.42 Å². The summed E-state index contributed by atoms with van der Waals surface area (Å²) in [6.07, 6.45) is 0.530. The molecule has 0 saturated carbocycles. The molecule has 2 aromatic carbocycles. The topological polar surface area (TPSA) is 49.7 Å². The minimum atomic E-state index is -3.69.